The van der Waals surface area contributed by atoms with Crippen molar-refractivity contribution in [1.29, 1.82) is 0 Å². The normalized spacial score (nSPS) is 20.4. The van der Waals surface area contributed by atoms with Crippen molar-refractivity contribution in [3.63, 3.8) is 0 Å². The molecular formula is C29H31FN2O3. The van der Waals surface area contributed by atoms with Crippen LogP contribution in [0.3, 0.4) is 0 Å². The molecule has 0 spiro atoms. The lowest BCUT2D eigenvalue weighted by Gasteiger charge is -2.29. The van der Waals surface area contributed by atoms with Crippen LogP contribution in [0.25, 0.3) is 0 Å². The molecule has 182 valence electrons. The molecule has 0 aliphatic carbocycles. The van der Waals surface area contributed by atoms with Crippen LogP contribution in [0.5, 0.6) is 11.5 Å². The number of amides is 1. The number of fused-ring (bicyclic) bond motifs is 1. The highest BCUT2D eigenvalue weighted by molar-refractivity contribution is 6.11. The Kier molecular flexibility index (Phi) is 6.73. The lowest BCUT2D eigenvalue weighted by Crippen LogP contribution is -2.44. The fourth-order valence-electron chi connectivity index (χ4n) is 5.15. The summed E-state index contributed by atoms with van der Waals surface area (Å²) < 4.78 is 25.1. The molecule has 1 N–H and O–H groups in total. The van der Waals surface area contributed by atoms with Gasteiger partial charge in [-0.05, 0) is 92.4 Å². The van der Waals surface area contributed by atoms with Crippen LogP contribution in [0.2, 0.25) is 0 Å². The number of rotatable bonds is 7. The second kappa shape index (κ2) is 10.1. The summed E-state index contributed by atoms with van der Waals surface area (Å²) in [6, 6.07) is 20.0. The Balaban J connectivity index is 1.38. The van der Waals surface area contributed by atoms with E-state index in [-0.39, 0.29) is 23.9 Å². The Morgan fingerprint density at radius 1 is 1.03 bits per heavy atom. The molecule has 3 aromatic carbocycles. The lowest BCUT2D eigenvalue weighted by atomic mass is 9.97. The van der Waals surface area contributed by atoms with Crippen LogP contribution in [0.1, 0.15) is 53.7 Å². The van der Waals surface area contributed by atoms with Crippen LogP contribution in [0.4, 0.5) is 10.1 Å². The Bertz CT molecular complexity index is 1170. The quantitative estimate of drug-likeness (QED) is 0.478. The number of nitrogens with one attached hydrogen (secondary N) is 1. The van der Waals surface area contributed by atoms with E-state index in [0.717, 1.165) is 29.8 Å². The van der Waals surface area contributed by atoms with Gasteiger partial charge in [0.15, 0.2) is 0 Å². The Labute approximate surface area is 205 Å². The second-order valence-electron chi connectivity index (χ2n) is 9.35. The number of halogens is 1. The van der Waals surface area contributed by atoms with Gasteiger partial charge in [0.1, 0.15) is 23.4 Å². The number of piperidine rings is 1. The Morgan fingerprint density at radius 2 is 1.77 bits per heavy atom. The first-order valence-electron chi connectivity index (χ1n) is 12.3. The summed E-state index contributed by atoms with van der Waals surface area (Å²) in [5.74, 6) is 1.05. The number of benzene rings is 3. The summed E-state index contributed by atoms with van der Waals surface area (Å²) >= 11 is 0. The van der Waals surface area contributed by atoms with Gasteiger partial charge in [-0.1, -0.05) is 24.6 Å². The summed E-state index contributed by atoms with van der Waals surface area (Å²) in [5.41, 5.74) is 3.32. The average Bonchev–Trinajstić information content (AvgIpc) is 3.16. The molecule has 3 aromatic rings. The number of methoxy groups -OCH3 is 1. The van der Waals surface area contributed by atoms with Gasteiger partial charge in [-0.15, -0.1) is 0 Å². The minimum Gasteiger partial charge on any atom is -0.497 e. The van der Waals surface area contributed by atoms with Crippen LogP contribution < -0.4 is 19.7 Å². The molecule has 35 heavy (non-hydrogen) atoms. The highest BCUT2D eigenvalue weighted by Crippen LogP contribution is 2.41. The predicted octanol–water partition coefficient (Wildman–Crippen LogP) is 5.69. The predicted molar refractivity (Wildman–Crippen MR) is 135 cm³/mol. The molecule has 0 aromatic heterocycles. The first-order chi connectivity index (χ1) is 17.0. The standard InChI is InChI=1S/C29H31FN2O3/c1-19(27-5-3-4-16-31-27)35-23-12-6-20(7-13-23)17-28-25-15-14-24(34-2)18-26(25)29(33)32(28)22-10-8-21(30)9-11-22/h6-15,18-19,27-28,31H,3-5,16-17H2,1-2H3. The Morgan fingerprint density at radius 3 is 2.46 bits per heavy atom. The van der Waals surface area contributed by atoms with Gasteiger partial charge in [-0.25, -0.2) is 4.39 Å². The van der Waals surface area contributed by atoms with Crippen LogP contribution in [0, 0.1) is 5.82 Å². The van der Waals surface area contributed by atoms with E-state index in [1.807, 2.05) is 24.3 Å². The van der Waals surface area contributed by atoms with Crippen molar-refractivity contribution in [1.82, 2.24) is 5.32 Å². The van der Waals surface area contributed by atoms with Gasteiger partial charge in [0.25, 0.3) is 5.91 Å². The van der Waals surface area contributed by atoms with Gasteiger partial charge in [-0.3, -0.25) is 4.79 Å². The molecule has 5 rings (SSSR count). The van der Waals surface area contributed by atoms with Gasteiger partial charge in [0.05, 0.1) is 13.2 Å². The highest BCUT2D eigenvalue weighted by atomic mass is 19.1. The first-order valence-corrected chi connectivity index (χ1v) is 12.3. The molecule has 1 saturated heterocycles. The summed E-state index contributed by atoms with van der Waals surface area (Å²) in [4.78, 5) is 15.2. The SMILES string of the molecule is COc1ccc2c(c1)C(=O)N(c1ccc(F)cc1)C2Cc1ccc(OC(C)C2CCCCN2)cc1. The van der Waals surface area contributed by atoms with Crippen molar-refractivity contribution in [2.75, 3.05) is 18.6 Å². The fourth-order valence-corrected chi connectivity index (χ4v) is 5.15. The first kappa shape index (κ1) is 23.4. The molecule has 2 heterocycles. The van der Waals surface area contributed by atoms with Gasteiger partial charge < -0.3 is 19.7 Å². The number of carbonyl (C=O) groups is 1. The van der Waals surface area contributed by atoms with E-state index in [1.54, 1.807) is 30.2 Å². The summed E-state index contributed by atoms with van der Waals surface area (Å²) in [6.07, 6.45) is 4.33. The van der Waals surface area contributed by atoms with Crippen molar-refractivity contribution in [2.45, 2.75) is 50.8 Å². The molecule has 0 bridgehead atoms. The van der Waals surface area contributed by atoms with Crippen molar-refractivity contribution < 1.29 is 18.7 Å². The molecule has 1 fully saturated rings. The van der Waals surface area contributed by atoms with E-state index < -0.39 is 0 Å². The second-order valence-corrected chi connectivity index (χ2v) is 9.35. The molecule has 5 nitrogen and oxygen atoms in total. The highest BCUT2D eigenvalue weighted by Gasteiger charge is 2.38. The summed E-state index contributed by atoms with van der Waals surface area (Å²) in [5, 5.41) is 3.55. The minimum atomic E-state index is -0.329. The maximum Gasteiger partial charge on any atom is 0.259 e. The third kappa shape index (κ3) is 4.89. The molecule has 1 amide bonds. The maximum atomic E-state index is 13.6. The monoisotopic (exact) mass is 474 g/mol. The molecule has 0 saturated carbocycles. The van der Waals surface area contributed by atoms with E-state index in [1.165, 1.54) is 25.0 Å². The number of carbonyl (C=O) groups excluding carboxylic acids is 1. The zero-order chi connectivity index (χ0) is 24.4. The van der Waals surface area contributed by atoms with Gasteiger partial charge >= 0.3 is 0 Å². The summed E-state index contributed by atoms with van der Waals surface area (Å²) in [7, 11) is 1.59. The van der Waals surface area contributed by atoms with E-state index >= 15 is 0 Å². The average molecular weight is 475 g/mol. The molecule has 2 aliphatic heterocycles. The zero-order valence-electron chi connectivity index (χ0n) is 20.2. The van der Waals surface area contributed by atoms with Crippen LogP contribution in [0.15, 0.2) is 66.7 Å². The van der Waals surface area contributed by atoms with E-state index in [9.17, 15) is 9.18 Å². The van der Waals surface area contributed by atoms with Gasteiger partial charge in [-0.2, -0.15) is 0 Å². The van der Waals surface area contributed by atoms with E-state index in [0.29, 0.717) is 29.5 Å². The third-order valence-corrected chi connectivity index (χ3v) is 7.07. The molecule has 2 aliphatic rings. The van der Waals surface area contributed by atoms with Gasteiger partial charge in [0, 0.05) is 17.3 Å². The maximum absolute atomic E-state index is 13.6. The Hall–Kier alpha value is -3.38. The van der Waals surface area contributed by atoms with Crippen molar-refractivity contribution in [3.05, 3.63) is 89.2 Å². The molecular weight excluding hydrogens is 443 g/mol. The smallest absolute Gasteiger partial charge is 0.259 e. The topological polar surface area (TPSA) is 50.8 Å². The number of ether oxygens (including phenoxy) is 2. The largest absolute Gasteiger partial charge is 0.497 e. The molecule has 6 heteroatoms. The third-order valence-electron chi connectivity index (χ3n) is 7.07. The zero-order valence-corrected chi connectivity index (χ0v) is 20.2. The van der Waals surface area contributed by atoms with Crippen molar-refractivity contribution in [2.24, 2.45) is 0 Å². The van der Waals surface area contributed by atoms with E-state index in [4.69, 9.17) is 9.47 Å². The van der Waals surface area contributed by atoms with E-state index in [2.05, 4.69) is 24.4 Å². The number of hydrogen-bond acceptors (Lipinski definition) is 4. The van der Waals surface area contributed by atoms with Crippen molar-refractivity contribution in [3.8, 4) is 11.5 Å². The van der Waals surface area contributed by atoms with Crippen LogP contribution in [-0.4, -0.2) is 31.7 Å². The van der Waals surface area contributed by atoms with Crippen LogP contribution >= 0.6 is 0 Å². The van der Waals surface area contributed by atoms with Crippen LogP contribution in [-0.2, 0) is 6.42 Å². The fraction of sp³-hybridized carbons (Fsp3) is 0.345. The molecule has 3 atom stereocenters. The van der Waals surface area contributed by atoms with Gasteiger partial charge in [0.2, 0.25) is 0 Å². The number of anilines is 1. The lowest BCUT2D eigenvalue weighted by molar-refractivity contribution is 0.0991. The molecule has 0 radical (unpaired) electrons. The molecule has 3 unspecified atom stereocenters. The number of hydrogen-bond donors (Lipinski definition) is 1. The summed E-state index contributed by atoms with van der Waals surface area (Å²) in [6.45, 7) is 3.17. The number of nitrogens with zero attached hydrogens (tertiary/aromatic N) is 1. The minimum absolute atomic E-state index is 0.101. The van der Waals surface area contributed by atoms with Crippen molar-refractivity contribution >= 4 is 11.6 Å².